The lowest BCUT2D eigenvalue weighted by Gasteiger charge is -2.25. The summed E-state index contributed by atoms with van der Waals surface area (Å²) in [6.45, 7) is 4.86. The molecule has 0 atom stereocenters. The predicted molar refractivity (Wildman–Crippen MR) is 54.5 cm³/mol. The van der Waals surface area contributed by atoms with Crippen molar-refractivity contribution >= 4 is 9.84 Å². The van der Waals surface area contributed by atoms with E-state index < -0.39 is 9.84 Å². The van der Waals surface area contributed by atoms with Gasteiger partial charge in [-0.15, -0.1) is 0 Å². The third kappa shape index (κ3) is 4.09. The highest BCUT2D eigenvalue weighted by molar-refractivity contribution is 7.90. The summed E-state index contributed by atoms with van der Waals surface area (Å²) < 4.78 is 21.7. The summed E-state index contributed by atoms with van der Waals surface area (Å²) in [5, 5.41) is 3.30. The molecule has 0 radical (unpaired) electrons. The smallest absolute Gasteiger partial charge is 0.148 e. The zero-order chi connectivity index (χ0) is 10.1. The number of hydrogen-bond acceptors (Lipinski definition) is 3. The fraction of sp³-hybridized carbons (Fsp3) is 1.00. The SMILES string of the molecule is CC(C)(NCCS(C)(=O)=O)C1CC1. The number of rotatable bonds is 5. The molecule has 1 fully saturated rings. The van der Waals surface area contributed by atoms with Crippen LogP contribution in [0.15, 0.2) is 0 Å². The van der Waals surface area contributed by atoms with E-state index >= 15 is 0 Å². The highest BCUT2D eigenvalue weighted by atomic mass is 32.2. The van der Waals surface area contributed by atoms with Crippen molar-refractivity contribution in [3.05, 3.63) is 0 Å². The van der Waals surface area contributed by atoms with Gasteiger partial charge in [0.2, 0.25) is 0 Å². The zero-order valence-electron chi connectivity index (χ0n) is 8.63. The molecule has 0 heterocycles. The summed E-state index contributed by atoms with van der Waals surface area (Å²) >= 11 is 0. The second-order valence-corrected chi connectivity index (χ2v) is 6.81. The Labute approximate surface area is 80.8 Å². The van der Waals surface area contributed by atoms with Gasteiger partial charge in [0, 0.05) is 18.3 Å². The fourth-order valence-electron chi connectivity index (χ4n) is 1.51. The van der Waals surface area contributed by atoms with Gasteiger partial charge in [-0.25, -0.2) is 8.42 Å². The molecule has 0 amide bonds. The largest absolute Gasteiger partial charge is 0.311 e. The highest BCUT2D eigenvalue weighted by Crippen LogP contribution is 2.38. The zero-order valence-corrected chi connectivity index (χ0v) is 9.45. The van der Waals surface area contributed by atoms with Crippen molar-refractivity contribution in [2.24, 2.45) is 5.92 Å². The van der Waals surface area contributed by atoms with E-state index in [1.165, 1.54) is 19.1 Å². The molecule has 13 heavy (non-hydrogen) atoms. The van der Waals surface area contributed by atoms with Gasteiger partial charge in [0.25, 0.3) is 0 Å². The van der Waals surface area contributed by atoms with Crippen molar-refractivity contribution in [3.63, 3.8) is 0 Å². The molecular weight excluding hydrogens is 186 g/mol. The van der Waals surface area contributed by atoms with Gasteiger partial charge in [0.05, 0.1) is 5.75 Å². The molecule has 4 heteroatoms. The minimum Gasteiger partial charge on any atom is -0.311 e. The molecule has 0 spiro atoms. The first-order chi connectivity index (χ1) is 5.81. The Morgan fingerprint density at radius 2 is 1.92 bits per heavy atom. The second kappa shape index (κ2) is 3.58. The third-order valence-corrected chi connectivity index (χ3v) is 3.60. The van der Waals surface area contributed by atoms with E-state index in [1.54, 1.807) is 0 Å². The monoisotopic (exact) mass is 205 g/mol. The van der Waals surface area contributed by atoms with E-state index in [4.69, 9.17) is 0 Å². The molecule has 1 aliphatic rings. The summed E-state index contributed by atoms with van der Waals surface area (Å²) in [6, 6.07) is 0. The summed E-state index contributed by atoms with van der Waals surface area (Å²) in [4.78, 5) is 0. The lowest BCUT2D eigenvalue weighted by atomic mass is 9.99. The molecule has 1 rings (SSSR count). The van der Waals surface area contributed by atoms with Crippen LogP contribution in [0.4, 0.5) is 0 Å². The van der Waals surface area contributed by atoms with Crippen LogP contribution in [0.1, 0.15) is 26.7 Å². The molecule has 0 unspecified atom stereocenters. The molecular formula is C9H19NO2S. The molecule has 1 N–H and O–H groups in total. The molecule has 0 bridgehead atoms. The van der Waals surface area contributed by atoms with Crippen LogP contribution in [0.25, 0.3) is 0 Å². The van der Waals surface area contributed by atoms with E-state index in [0.29, 0.717) is 6.54 Å². The summed E-state index contributed by atoms with van der Waals surface area (Å²) in [5.41, 5.74) is 0.116. The lowest BCUT2D eigenvalue weighted by Crippen LogP contribution is -2.43. The van der Waals surface area contributed by atoms with Crippen molar-refractivity contribution < 1.29 is 8.42 Å². The average molecular weight is 205 g/mol. The van der Waals surface area contributed by atoms with Gasteiger partial charge in [-0.05, 0) is 32.6 Å². The van der Waals surface area contributed by atoms with Crippen LogP contribution in [-0.2, 0) is 9.84 Å². The van der Waals surface area contributed by atoms with Gasteiger partial charge < -0.3 is 5.32 Å². The number of nitrogens with one attached hydrogen (secondary N) is 1. The minimum absolute atomic E-state index is 0.116. The van der Waals surface area contributed by atoms with Gasteiger partial charge >= 0.3 is 0 Å². The first-order valence-corrected chi connectivity index (χ1v) is 6.80. The standard InChI is InChI=1S/C9H19NO2S/c1-9(2,8-4-5-8)10-6-7-13(3,11)12/h8,10H,4-7H2,1-3H3. The summed E-state index contributed by atoms with van der Waals surface area (Å²) in [6.07, 6.45) is 3.83. The van der Waals surface area contributed by atoms with Gasteiger partial charge in [0.1, 0.15) is 9.84 Å². The Kier molecular flexibility index (Phi) is 3.02. The van der Waals surface area contributed by atoms with Crippen LogP contribution in [-0.4, -0.2) is 32.5 Å². The minimum atomic E-state index is -2.81. The van der Waals surface area contributed by atoms with Crippen LogP contribution in [0, 0.1) is 5.92 Å². The molecule has 1 aliphatic carbocycles. The molecule has 1 saturated carbocycles. The Bertz CT molecular complexity index is 265. The fourth-order valence-corrected chi connectivity index (χ4v) is 1.98. The Morgan fingerprint density at radius 3 is 2.31 bits per heavy atom. The van der Waals surface area contributed by atoms with Crippen molar-refractivity contribution in [1.29, 1.82) is 0 Å². The van der Waals surface area contributed by atoms with Crippen LogP contribution in [0.3, 0.4) is 0 Å². The topological polar surface area (TPSA) is 46.2 Å². The number of hydrogen-bond donors (Lipinski definition) is 1. The van der Waals surface area contributed by atoms with Crippen molar-refractivity contribution in [2.45, 2.75) is 32.2 Å². The van der Waals surface area contributed by atoms with E-state index in [1.807, 2.05) is 0 Å². The van der Waals surface area contributed by atoms with E-state index in [2.05, 4.69) is 19.2 Å². The Morgan fingerprint density at radius 1 is 1.38 bits per heavy atom. The van der Waals surface area contributed by atoms with Crippen LogP contribution < -0.4 is 5.32 Å². The van der Waals surface area contributed by atoms with Gasteiger partial charge in [-0.3, -0.25) is 0 Å². The molecule has 3 nitrogen and oxygen atoms in total. The first kappa shape index (κ1) is 11.0. The maximum absolute atomic E-state index is 10.9. The van der Waals surface area contributed by atoms with Crippen LogP contribution in [0.5, 0.6) is 0 Å². The molecule has 0 aromatic rings. The second-order valence-electron chi connectivity index (χ2n) is 4.55. The Hall–Kier alpha value is -0.0900. The molecule has 78 valence electrons. The highest BCUT2D eigenvalue weighted by Gasteiger charge is 2.37. The normalized spacial score (nSPS) is 19.0. The Balaban J connectivity index is 2.25. The number of sulfone groups is 1. The maximum Gasteiger partial charge on any atom is 0.148 e. The van der Waals surface area contributed by atoms with Crippen molar-refractivity contribution in [1.82, 2.24) is 5.32 Å². The molecule has 0 aromatic heterocycles. The lowest BCUT2D eigenvalue weighted by molar-refractivity contribution is 0.350. The summed E-state index contributed by atoms with van der Waals surface area (Å²) in [5.74, 6) is 0.982. The van der Waals surface area contributed by atoms with Gasteiger partial charge in [-0.2, -0.15) is 0 Å². The van der Waals surface area contributed by atoms with Gasteiger partial charge in [0.15, 0.2) is 0 Å². The van der Waals surface area contributed by atoms with Crippen LogP contribution >= 0.6 is 0 Å². The average Bonchev–Trinajstić information content (AvgIpc) is 2.62. The van der Waals surface area contributed by atoms with E-state index in [9.17, 15) is 8.42 Å². The third-order valence-electron chi connectivity index (χ3n) is 2.65. The predicted octanol–water partition coefficient (Wildman–Crippen LogP) is 0.809. The van der Waals surface area contributed by atoms with E-state index in [0.717, 1.165) is 5.92 Å². The quantitative estimate of drug-likeness (QED) is 0.722. The molecule has 0 aliphatic heterocycles. The summed E-state index contributed by atoms with van der Waals surface area (Å²) in [7, 11) is -2.81. The molecule has 0 aromatic carbocycles. The van der Waals surface area contributed by atoms with Gasteiger partial charge in [-0.1, -0.05) is 0 Å². The van der Waals surface area contributed by atoms with Crippen LogP contribution in [0.2, 0.25) is 0 Å². The first-order valence-electron chi connectivity index (χ1n) is 4.74. The van der Waals surface area contributed by atoms with E-state index in [-0.39, 0.29) is 11.3 Å². The maximum atomic E-state index is 10.9. The molecule has 0 saturated heterocycles. The van der Waals surface area contributed by atoms with Crippen molar-refractivity contribution in [2.75, 3.05) is 18.6 Å². The van der Waals surface area contributed by atoms with Crippen molar-refractivity contribution in [3.8, 4) is 0 Å².